The van der Waals surface area contributed by atoms with Gasteiger partial charge in [0.05, 0.1) is 7.11 Å². The third kappa shape index (κ3) is 3.95. The molecule has 0 bridgehead atoms. The molecule has 2 aromatic rings. The second-order valence-electron chi connectivity index (χ2n) is 5.02. The van der Waals surface area contributed by atoms with Crippen LogP contribution in [0.1, 0.15) is 11.1 Å². The molecule has 3 nitrogen and oxygen atoms in total. The average molecular weight is 288 g/mol. The molecule has 0 aliphatic carbocycles. The summed E-state index contributed by atoms with van der Waals surface area (Å²) in [6.07, 6.45) is 0.662. The zero-order valence-electron chi connectivity index (χ0n) is 12.5. The van der Waals surface area contributed by atoms with Crippen LogP contribution in [0.3, 0.4) is 0 Å². The van der Waals surface area contributed by atoms with E-state index in [1.807, 2.05) is 31.3 Å². The van der Waals surface area contributed by atoms with Gasteiger partial charge in [-0.15, -0.1) is 0 Å². The van der Waals surface area contributed by atoms with Crippen molar-refractivity contribution in [3.63, 3.8) is 0 Å². The van der Waals surface area contributed by atoms with Crippen LogP contribution in [0.25, 0.3) is 0 Å². The summed E-state index contributed by atoms with van der Waals surface area (Å²) < 4.78 is 18.6. The molecule has 21 heavy (non-hydrogen) atoms. The highest BCUT2D eigenvalue weighted by atomic mass is 19.1. The molecule has 0 aliphatic heterocycles. The van der Waals surface area contributed by atoms with Crippen molar-refractivity contribution < 1.29 is 9.13 Å². The van der Waals surface area contributed by atoms with Crippen molar-refractivity contribution in [2.24, 2.45) is 5.73 Å². The first kappa shape index (κ1) is 15.3. The molecule has 0 amide bonds. The molecule has 112 valence electrons. The highest BCUT2D eigenvalue weighted by Crippen LogP contribution is 2.23. The third-order valence-corrected chi connectivity index (χ3v) is 3.42. The summed E-state index contributed by atoms with van der Waals surface area (Å²) >= 11 is 0. The van der Waals surface area contributed by atoms with Gasteiger partial charge < -0.3 is 15.4 Å². The number of nitrogens with two attached hydrogens (primary N) is 1. The van der Waals surface area contributed by atoms with Crippen molar-refractivity contribution in [2.75, 3.05) is 25.6 Å². The normalized spacial score (nSPS) is 10.5. The Bertz CT molecular complexity index is 601. The summed E-state index contributed by atoms with van der Waals surface area (Å²) in [7, 11) is 3.65. The maximum absolute atomic E-state index is 13.4. The third-order valence-electron chi connectivity index (χ3n) is 3.42. The van der Waals surface area contributed by atoms with Gasteiger partial charge >= 0.3 is 0 Å². The lowest BCUT2D eigenvalue weighted by Crippen LogP contribution is -2.19. The van der Waals surface area contributed by atoms with Crippen LogP contribution in [-0.2, 0) is 13.0 Å². The van der Waals surface area contributed by atoms with E-state index in [0.717, 1.165) is 29.1 Å². The molecule has 0 heterocycles. The molecule has 0 aliphatic rings. The highest BCUT2D eigenvalue weighted by Gasteiger charge is 2.09. The van der Waals surface area contributed by atoms with E-state index in [9.17, 15) is 4.39 Å². The fourth-order valence-corrected chi connectivity index (χ4v) is 2.41. The van der Waals surface area contributed by atoms with E-state index in [1.165, 1.54) is 6.07 Å². The molecule has 2 N–H and O–H groups in total. The zero-order valence-corrected chi connectivity index (χ0v) is 12.5. The Morgan fingerprint density at radius 2 is 2.00 bits per heavy atom. The smallest absolute Gasteiger partial charge is 0.123 e. The number of hydrogen-bond donors (Lipinski definition) is 1. The lowest BCUT2D eigenvalue weighted by atomic mass is 10.1. The summed E-state index contributed by atoms with van der Waals surface area (Å²) in [5.41, 5.74) is 8.69. The van der Waals surface area contributed by atoms with Crippen molar-refractivity contribution in [1.29, 1.82) is 0 Å². The summed E-state index contributed by atoms with van der Waals surface area (Å²) in [6.45, 7) is 1.23. The minimum Gasteiger partial charge on any atom is -0.497 e. The SMILES string of the molecule is COc1cccc(CN(C)c2ccc(F)cc2CCN)c1. The van der Waals surface area contributed by atoms with Gasteiger partial charge in [0.2, 0.25) is 0 Å². The molecule has 4 heteroatoms. The van der Waals surface area contributed by atoms with Crippen molar-refractivity contribution in [1.82, 2.24) is 0 Å². The van der Waals surface area contributed by atoms with Crippen molar-refractivity contribution in [3.05, 3.63) is 59.4 Å². The second-order valence-corrected chi connectivity index (χ2v) is 5.02. The first-order valence-corrected chi connectivity index (χ1v) is 6.96. The number of hydrogen-bond acceptors (Lipinski definition) is 3. The molecule has 0 atom stereocenters. The van der Waals surface area contributed by atoms with E-state index in [0.29, 0.717) is 13.0 Å². The summed E-state index contributed by atoms with van der Waals surface area (Å²) in [5, 5.41) is 0. The Balaban J connectivity index is 2.21. The maximum atomic E-state index is 13.4. The van der Waals surface area contributed by atoms with Crippen LogP contribution in [0.4, 0.5) is 10.1 Å². The molecular formula is C17H21FN2O. The van der Waals surface area contributed by atoms with E-state index in [1.54, 1.807) is 19.2 Å². The number of benzene rings is 2. The largest absolute Gasteiger partial charge is 0.497 e. The minimum absolute atomic E-state index is 0.225. The molecule has 0 radical (unpaired) electrons. The van der Waals surface area contributed by atoms with Crippen molar-refractivity contribution >= 4 is 5.69 Å². The van der Waals surface area contributed by atoms with Gasteiger partial charge in [-0.3, -0.25) is 0 Å². The fraction of sp³-hybridized carbons (Fsp3) is 0.294. The Kier molecular flexibility index (Phi) is 5.17. The van der Waals surface area contributed by atoms with E-state index in [-0.39, 0.29) is 5.82 Å². The number of ether oxygens (including phenoxy) is 1. The summed E-state index contributed by atoms with van der Waals surface area (Å²) in [4.78, 5) is 2.10. The minimum atomic E-state index is -0.225. The molecular weight excluding hydrogens is 267 g/mol. The first-order valence-electron chi connectivity index (χ1n) is 6.96. The van der Waals surface area contributed by atoms with Crippen LogP contribution in [0.15, 0.2) is 42.5 Å². The monoisotopic (exact) mass is 288 g/mol. The van der Waals surface area contributed by atoms with Crippen molar-refractivity contribution in [3.8, 4) is 5.75 Å². The predicted molar refractivity (Wildman–Crippen MR) is 84.3 cm³/mol. The van der Waals surface area contributed by atoms with Crippen LogP contribution in [0.2, 0.25) is 0 Å². The molecule has 0 aromatic heterocycles. The molecule has 0 saturated carbocycles. The highest BCUT2D eigenvalue weighted by molar-refractivity contribution is 5.54. The average Bonchev–Trinajstić information content (AvgIpc) is 2.48. The van der Waals surface area contributed by atoms with Crippen LogP contribution in [0, 0.1) is 5.82 Å². The van der Waals surface area contributed by atoms with Crippen LogP contribution >= 0.6 is 0 Å². The van der Waals surface area contributed by atoms with Crippen LogP contribution < -0.4 is 15.4 Å². The van der Waals surface area contributed by atoms with Crippen LogP contribution in [0.5, 0.6) is 5.75 Å². The standard InChI is InChI=1S/C17H21FN2O/c1-20(12-13-4-3-5-16(10-13)21-2)17-7-6-15(18)11-14(17)8-9-19/h3-7,10-11H,8-9,12,19H2,1-2H3. The van der Waals surface area contributed by atoms with E-state index >= 15 is 0 Å². The molecule has 0 saturated heterocycles. The maximum Gasteiger partial charge on any atom is 0.123 e. The van der Waals surface area contributed by atoms with E-state index in [4.69, 9.17) is 10.5 Å². The Labute approximate surface area is 125 Å². The zero-order chi connectivity index (χ0) is 15.2. The van der Waals surface area contributed by atoms with Gasteiger partial charge in [0, 0.05) is 19.3 Å². The lowest BCUT2D eigenvalue weighted by molar-refractivity contribution is 0.414. The topological polar surface area (TPSA) is 38.5 Å². The van der Waals surface area contributed by atoms with Gasteiger partial charge in [-0.1, -0.05) is 12.1 Å². The molecule has 2 rings (SSSR count). The van der Waals surface area contributed by atoms with Crippen molar-refractivity contribution in [2.45, 2.75) is 13.0 Å². The molecule has 0 unspecified atom stereocenters. The molecule has 0 fully saturated rings. The van der Waals surface area contributed by atoms with Crippen LogP contribution in [-0.4, -0.2) is 20.7 Å². The lowest BCUT2D eigenvalue weighted by Gasteiger charge is -2.23. The number of rotatable bonds is 6. The van der Waals surface area contributed by atoms with E-state index < -0.39 is 0 Å². The number of nitrogens with zero attached hydrogens (tertiary/aromatic N) is 1. The number of anilines is 1. The molecule has 0 spiro atoms. The first-order chi connectivity index (χ1) is 10.1. The Morgan fingerprint density at radius 1 is 1.19 bits per heavy atom. The quantitative estimate of drug-likeness (QED) is 0.888. The van der Waals surface area contributed by atoms with Gasteiger partial charge in [-0.2, -0.15) is 0 Å². The van der Waals surface area contributed by atoms with Gasteiger partial charge in [-0.25, -0.2) is 4.39 Å². The Hall–Kier alpha value is -2.07. The number of methoxy groups -OCH3 is 1. The Morgan fingerprint density at radius 3 is 2.71 bits per heavy atom. The number of halogens is 1. The second kappa shape index (κ2) is 7.09. The van der Waals surface area contributed by atoms with E-state index in [2.05, 4.69) is 4.90 Å². The summed E-state index contributed by atoms with van der Waals surface area (Å²) in [5.74, 6) is 0.610. The summed E-state index contributed by atoms with van der Waals surface area (Å²) in [6, 6.07) is 12.8. The van der Waals surface area contributed by atoms with Gasteiger partial charge in [-0.05, 0) is 54.4 Å². The predicted octanol–water partition coefficient (Wildman–Crippen LogP) is 2.97. The van der Waals surface area contributed by atoms with Gasteiger partial charge in [0.1, 0.15) is 11.6 Å². The molecule has 2 aromatic carbocycles. The van der Waals surface area contributed by atoms with Gasteiger partial charge in [0.15, 0.2) is 0 Å². The fourth-order valence-electron chi connectivity index (χ4n) is 2.41. The van der Waals surface area contributed by atoms with Gasteiger partial charge in [0.25, 0.3) is 0 Å².